The van der Waals surface area contributed by atoms with E-state index in [1.54, 1.807) is 4.57 Å². The van der Waals surface area contributed by atoms with Crippen molar-refractivity contribution >= 4 is 22.5 Å². The number of hydrogen-bond donors (Lipinski definition) is 0. The Morgan fingerprint density at radius 3 is 2.21 bits per heavy atom. The van der Waals surface area contributed by atoms with Crippen LogP contribution in [0.15, 0.2) is 108 Å². The van der Waals surface area contributed by atoms with Crippen LogP contribution in [0.4, 0.5) is 0 Å². The molecule has 1 atom stereocenters. The molecule has 5 rings (SSSR count). The molecule has 0 spiro atoms. The number of halogens is 1. The molecule has 0 N–H and O–H groups in total. The summed E-state index contributed by atoms with van der Waals surface area (Å²) in [7, 11) is 0. The molecular weight excluding hydrogens is 597 g/mol. The Balaban J connectivity index is 1.66. The van der Waals surface area contributed by atoms with Crippen molar-refractivity contribution < 1.29 is 26.0 Å². The quantitative estimate of drug-likeness (QED) is 0.162. The number of carbonyl (C=O) groups excluding carboxylic acids is 1. The minimum absolute atomic E-state index is 0.0372. The minimum atomic E-state index is -0.440. The predicted octanol–water partition coefficient (Wildman–Crippen LogP) is 3.38. The molecule has 4 aromatic rings. The summed E-state index contributed by atoms with van der Waals surface area (Å²) in [4.78, 5) is 35.5. The van der Waals surface area contributed by atoms with Crippen molar-refractivity contribution in [2.45, 2.75) is 38.6 Å². The van der Waals surface area contributed by atoms with Crippen LogP contribution in [0, 0.1) is 0 Å². The first kappa shape index (κ1) is 27.1. The van der Waals surface area contributed by atoms with Crippen molar-refractivity contribution in [3.8, 4) is 0 Å². The number of amides is 1. The average Bonchev–Trinajstić information content (AvgIpc) is 2.99. The average molecular weight is 631 g/mol. The van der Waals surface area contributed by atoms with Gasteiger partial charge in [-0.05, 0) is 0 Å². The number of hydrogen-bond acceptors (Lipinski definition) is 3. The number of aromatic nitrogens is 2. The molecule has 1 unspecified atom stereocenters. The molecule has 0 saturated carbocycles. The first-order chi connectivity index (χ1) is 19.1. The van der Waals surface area contributed by atoms with E-state index in [1.165, 1.54) is 0 Å². The summed E-state index contributed by atoms with van der Waals surface area (Å²) in [6.45, 7) is 4.19. The summed E-state index contributed by atoms with van der Waals surface area (Å²) >= 11 is -0.244. The van der Waals surface area contributed by atoms with Gasteiger partial charge in [0.25, 0.3) is 0 Å². The van der Waals surface area contributed by atoms with Crippen molar-refractivity contribution in [2.24, 2.45) is 0 Å². The third-order valence-corrected chi connectivity index (χ3v) is 9.37. The molecular formula is C33H33IN3O2-. The second kappa shape index (κ2) is 12.6. The van der Waals surface area contributed by atoms with Crippen LogP contribution in [0.25, 0.3) is 16.6 Å². The molecule has 0 aliphatic heterocycles. The van der Waals surface area contributed by atoms with E-state index in [2.05, 4.69) is 19.1 Å². The van der Waals surface area contributed by atoms with Crippen molar-refractivity contribution in [2.75, 3.05) is 8.98 Å². The number of nitrogens with zero attached hydrogens (tertiary/aromatic N) is 3. The number of para-hydroxylation sites is 1. The number of fused-ring (bicyclic) bond motifs is 1. The van der Waals surface area contributed by atoms with Crippen LogP contribution in [-0.4, -0.2) is 29.3 Å². The zero-order valence-electron chi connectivity index (χ0n) is 22.3. The van der Waals surface area contributed by atoms with Crippen LogP contribution in [0.1, 0.15) is 55.6 Å². The van der Waals surface area contributed by atoms with Gasteiger partial charge < -0.3 is 0 Å². The Labute approximate surface area is 240 Å². The van der Waals surface area contributed by atoms with Crippen LogP contribution in [0.5, 0.6) is 0 Å². The summed E-state index contributed by atoms with van der Waals surface area (Å²) in [5.74, 6) is 0.199. The van der Waals surface area contributed by atoms with E-state index in [0.29, 0.717) is 21.3 Å². The fourth-order valence-corrected chi connectivity index (χ4v) is 6.98. The number of benzene rings is 3. The fourth-order valence-electron chi connectivity index (χ4n) is 5.05. The van der Waals surface area contributed by atoms with E-state index in [0.717, 1.165) is 34.1 Å². The molecule has 39 heavy (non-hydrogen) atoms. The monoisotopic (exact) mass is 630 g/mol. The summed E-state index contributed by atoms with van der Waals surface area (Å²) in [5, 5.41) is 0.582. The first-order valence-corrected chi connectivity index (χ1v) is 16.5. The second-order valence-electron chi connectivity index (χ2n) is 9.55. The number of alkyl halides is 2. The fraction of sp³-hybridized carbons (Fsp3) is 0.242. The summed E-state index contributed by atoms with van der Waals surface area (Å²) in [6.07, 6.45) is 8.01. The molecule has 1 amide bonds. The van der Waals surface area contributed by atoms with Gasteiger partial charge in [-0.15, -0.1) is 0 Å². The normalized spacial score (nSPS) is 14.0. The molecule has 200 valence electrons. The van der Waals surface area contributed by atoms with Gasteiger partial charge >= 0.3 is 241 Å². The van der Waals surface area contributed by atoms with Crippen molar-refractivity contribution in [3.05, 3.63) is 130 Å². The van der Waals surface area contributed by atoms with Crippen molar-refractivity contribution in [3.63, 3.8) is 0 Å². The summed E-state index contributed by atoms with van der Waals surface area (Å²) < 4.78 is 3.47. The van der Waals surface area contributed by atoms with E-state index < -0.39 is 12.0 Å². The Morgan fingerprint density at radius 1 is 0.949 bits per heavy atom. The number of carbonyl (C=O) groups is 1. The van der Waals surface area contributed by atoms with Gasteiger partial charge in [0.2, 0.25) is 0 Å². The van der Waals surface area contributed by atoms with E-state index in [9.17, 15) is 9.59 Å². The molecule has 1 heterocycles. The van der Waals surface area contributed by atoms with E-state index in [-0.39, 0.29) is 32.7 Å². The molecule has 5 nitrogen and oxygen atoms in total. The molecule has 1 aliphatic carbocycles. The Morgan fingerprint density at radius 2 is 1.59 bits per heavy atom. The molecule has 0 fully saturated rings. The van der Waals surface area contributed by atoms with Gasteiger partial charge in [0.05, 0.1) is 0 Å². The van der Waals surface area contributed by atoms with Crippen LogP contribution in [0.3, 0.4) is 0 Å². The van der Waals surface area contributed by atoms with Crippen LogP contribution < -0.4 is 26.8 Å². The molecule has 1 aromatic heterocycles. The van der Waals surface area contributed by atoms with Gasteiger partial charge in [0, 0.05) is 0 Å². The molecule has 0 radical (unpaired) electrons. The van der Waals surface area contributed by atoms with Crippen LogP contribution >= 0.6 is 0 Å². The predicted molar refractivity (Wildman–Crippen MR) is 154 cm³/mol. The number of rotatable bonds is 9. The SMILES string of the molecule is CC[I-]CN(C(=O)C(c1ccccc1)c1ccccc1)C(C)c1nc2ccccc2c(=O)n1C1=CCCC=C1. The third-order valence-electron chi connectivity index (χ3n) is 7.07. The van der Waals surface area contributed by atoms with Crippen LogP contribution in [0.2, 0.25) is 0 Å². The molecule has 1 aliphatic rings. The van der Waals surface area contributed by atoms with Crippen molar-refractivity contribution in [1.29, 1.82) is 0 Å². The van der Waals surface area contributed by atoms with E-state index >= 15 is 0 Å². The summed E-state index contributed by atoms with van der Waals surface area (Å²) in [5.41, 5.74) is 3.30. The summed E-state index contributed by atoms with van der Waals surface area (Å²) in [6, 6.07) is 27.1. The topological polar surface area (TPSA) is 55.2 Å². The first-order valence-electron chi connectivity index (χ1n) is 13.4. The van der Waals surface area contributed by atoms with Gasteiger partial charge in [-0.25, -0.2) is 0 Å². The second-order valence-corrected chi connectivity index (χ2v) is 12.8. The van der Waals surface area contributed by atoms with Gasteiger partial charge in [0.15, 0.2) is 0 Å². The Kier molecular flexibility index (Phi) is 8.71. The molecule has 0 saturated heterocycles. The Hall–Kier alpha value is -3.52. The third kappa shape index (κ3) is 5.76. The molecule has 6 heteroatoms. The van der Waals surface area contributed by atoms with Crippen LogP contribution in [-0.2, 0) is 4.79 Å². The van der Waals surface area contributed by atoms with E-state index in [4.69, 9.17) is 4.98 Å². The standard InChI is InChI=1S/C33H33IN3O2/c1-3-34-23-36(33(39)30(25-15-7-4-8-16-25)26-17-9-5-10-18-26)24(2)31-35-29-22-14-13-21-28(29)32(38)37(31)27-19-11-6-12-20-27/h4-5,7-11,13-22,24,30H,3,6,12,23H2,1-2H3/q-1. The maximum absolute atomic E-state index is 14.6. The molecule has 3 aromatic carbocycles. The van der Waals surface area contributed by atoms with E-state index in [1.807, 2.05) is 103 Å². The number of allylic oxidation sites excluding steroid dienone is 4. The van der Waals surface area contributed by atoms with Gasteiger partial charge in [0.1, 0.15) is 0 Å². The van der Waals surface area contributed by atoms with Gasteiger partial charge in [-0.2, -0.15) is 0 Å². The zero-order valence-corrected chi connectivity index (χ0v) is 24.5. The van der Waals surface area contributed by atoms with Crippen molar-refractivity contribution in [1.82, 2.24) is 14.5 Å². The zero-order chi connectivity index (χ0) is 27.2. The van der Waals surface area contributed by atoms with Gasteiger partial charge in [-0.1, -0.05) is 0 Å². The molecule has 0 bridgehead atoms. The maximum atomic E-state index is 14.6. The Bertz CT molecular complexity index is 1520. The van der Waals surface area contributed by atoms with Gasteiger partial charge in [-0.3, -0.25) is 0 Å².